The molecule has 0 unspecified atom stereocenters. The van der Waals surface area contributed by atoms with Gasteiger partial charge in [-0.05, 0) is 39.8 Å². The maximum atomic E-state index is 12.9. The smallest absolute Gasteiger partial charge is 0.244 e. The predicted octanol–water partition coefficient (Wildman–Crippen LogP) is 1.51. The molecule has 0 aromatic heterocycles. The number of nitriles is 1. The van der Waals surface area contributed by atoms with E-state index in [1.807, 2.05) is 43.6 Å². The van der Waals surface area contributed by atoms with E-state index in [9.17, 15) is 18.5 Å². The molecule has 0 spiro atoms. The average molecular weight is 393 g/mol. The Morgan fingerprint density at radius 1 is 1.11 bits per heavy atom. The number of sulfonamides is 1. The van der Waals surface area contributed by atoms with Crippen molar-refractivity contribution in [2.45, 2.75) is 44.7 Å². The third kappa shape index (κ3) is 4.86. The van der Waals surface area contributed by atoms with Crippen LogP contribution in [0.2, 0.25) is 0 Å². The van der Waals surface area contributed by atoms with Crippen molar-refractivity contribution in [1.29, 1.82) is 5.26 Å². The number of carbonyl (C=O) groups excluding carboxylic acids is 1. The van der Waals surface area contributed by atoms with Gasteiger partial charge in [0.2, 0.25) is 15.9 Å². The lowest BCUT2D eigenvalue weighted by atomic mass is 10.2. The summed E-state index contributed by atoms with van der Waals surface area (Å²) in [7, 11) is -3.71. The molecule has 7 nitrogen and oxygen atoms in total. The Bertz CT molecular complexity index is 798. The number of hydrogen-bond acceptors (Lipinski definition) is 5. The first-order valence-corrected chi connectivity index (χ1v) is 10.6. The summed E-state index contributed by atoms with van der Waals surface area (Å²) in [4.78, 5) is 16.5. The SMILES string of the molecule is CC(C)N(C(=O)CN1CCN(S(=O)(=O)c2ccccc2C#N)CC1)C(C)C. The molecule has 1 saturated heterocycles. The van der Waals surface area contributed by atoms with Crippen molar-refractivity contribution < 1.29 is 13.2 Å². The second kappa shape index (κ2) is 8.83. The number of hydrogen-bond donors (Lipinski definition) is 0. The molecule has 1 fully saturated rings. The molecule has 1 aromatic carbocycles. The van der Waals surface area contributed by atoms with Crippen molar-refractivity contribution in [3.63, 3.8) is 0 Å². The molecule has 1 aromatic rings. The van der Waals surface area contributed by atoms with Crippen LogP contribution in [0.5, 0.6) is 0 Å². The molecule has 1 aliphatic rings. The van der Waals surface area contributed by atoms with Crippen molar-refractivity contribution >= 4 is 15.9 Å². The van der Waals surface area contributed by atoms with E-state index in [4.69, 9.17) is 0 Å². The van der Waals surface area contributed by atoms with Gasteiger partial charge in [-0.15, -0.1) is 0 Å². The number of rotatable bonds is 6. The van der Waals surface area contributed by atoms with Crippen LogP contribution in [0.3, 0.4) is 0 Å². The molecule has 1 amide bonds. The number of nitrogens with zero attached hydrogens (tertiary/aromatic N) is 4. The Labute approximate surface area is 162 Å². The van der Waals surface area contributed by atoms with Gasteiger partial charge in [-0.3, -0.25) is 9.69 Å². The fraction of sp³-hybridized carbons (Fsp3) is 0.579. The van der Waals surface area contributed by atoms with Crippen molar-refractivity contribution in [2.24, 2.45) is 0 Å². The molecular weight excluding hydrogens is 364 g/mol. The van der Waals surface area contributed by atoms with Crippen LogP contribution in [0.1, 0.15) is 33.3 Å². The summed E-state index contributed by atoms with van der Waals surface area (Å²) in [6.45, 7) is 9.86. The largest absolute Gasteiger partial charge is 0.337 e. The minimum atomic E-state index is -3.71. The Morgan fingerprint density at radius 2 is 1.67 bits per heavy atom. The summed E-state index contributed by atoms with van der Waals surface area (Å²) in [5.74, 6) is 0.0612. The summed E-state index contributed by atoms with van der Waals surface area (Å²) in [5.41, 5.74) is 0.152. The highest BCUT2D eigenvalue weighted by molar-refractivity contribution is 7.89. The van der Waals surface area contributed by atoms with Gasteiger partial charge in [0.1, 0.15) is 6.07 Å². The molecular formula is C19H28N4O3S. The topological polar surface area (TPSA) is 84.7 Å². The van der Waals surface area contributed by atoms with Crippen molar-refractivity contribution in [3.05, 3.63) is 29.8 Å². The molecule has 0 N–H and O–H groups in total. The highest BCUT2D eigenvalue weighted by Gasteiger charge is 2.31. The summed E-state index contributed by atoms with van der Waals surface area (Å²) in [5, 5.41) is 9.18. The van der Waals surface area contributed by atoms with Gasteiger partial charge < -0.3 is 4.90 Å². The van der Waals surface area contributed by atoms with E-state index in [1.54, 1.807) is 12.1 Å². The molecule has 0 saturated carbocycles. The van der Waals surface area contributed by atoms with Crippen LogP contribution in [-0.4, -0.2) is 73.2 Å². The van der Waals surface area contributed by atoms with Gasteiger partial charge in [-0.25, -0.2) is 8.42 Å². The van der Waals surface area contributed by atoms with E-state index >= 15 is 0 Å². The quantitative estimate of drug-likeness (QED) is 0.733. The zero-order valence-corrected chi connectivity index (χ0v) is 17.2. The summed E-state index contributed by atoms with van der Waals surface area (Å²) in [6, 6.07) is 8.44. The van der Waals surface area contributed by atoms with Crippen LogP contribution >= 0.6 is 0 Å². The maximum absolute atomic E-state index is 12.9. The van der Waals surface area contributed by atoms with E-state index < -0.39 is 10.0 Å². The lowest BCUT2D eigenvalue weighted by Crippen LogP contribution is -2.53. The predicted molar refractivity (Wildman–Crippen MR) is 103 cm³/mol. The summed E-state index contributed by atoms with van der Waals surface area (Å²) in [6.07, 6.45) is 0. The molecule has 1 aliphatic heterocycles. The zero-order chi connectivity index (χ0) is 20.2. The van der Waals surface area contributed by atoms with E-state index in [1.165, 1.54) is 16.4 Å². The van der Waals surface area contributed by atoms with Gasteiger partial charge in [0.25, 0.3) is 0 Å². The Hall–Kier alpha value is -1.95. The monoisotopic (exact) mass is 392 g/mol. The normalized spacial score (nSPS) is 16.5. The number of amides is 1. The maximum Gasteiger partial charge on any atom is 0.244 e. The van der Waals surface area contributed by atoms with Gasteiger partial charge in [0.05, 0.1) is 17.0 Å². The molecule has 1 heterocycles. The first kappa shape index (κ1) is 21.4. The first-order chi connectivity index (χ1) is 12.7. The van der Waals surface area contributed by atoms with E-state index in [2.05, 4.69) is 0 Å². The Kier molecular flexibility index (Phi) is 6.98. The standard InChI is InChI=1S/C19H28N4O3S/c1-15(2)23(16(3)4)19(24)14-21-9-11-22(12-10-21)27(25,26)18-8-6-5-7-17(18)13-20/h5-8,15-16H,9-12,14H2,1-4H3. The molecule has 148 valence electrons. The van der Waals surface area contributed by atoms with E-state index in [-0.39, 0.29) is 28.4 Å². The van der Waals surface area contributed by atoms with Crippen LogP contribution in [-0.2, 0) is 14.8 Å². The number of carbonyl (C=O) groups is 1. The highest BCUT2D eigenvalue weighted by atomic mass is 32.2. The fourth-order valence-electron chi connectivity index (χ4n) is 3.50. The highest BCUT2D eigenvalue weighted by Crippen LogP contribution is 2.21. The average Bonchev–Trinajstić information content (AvgIpc) is 2.61. The molecule has 0 aliphatic carbocycles. The Balaban J connectivity index is 2.03. The lowest BCUT2D eigenvalue weighted by molar-refractivity contribution is -0.136. The molecule has 27 heavy (non-hydrogen) atoms. The zero-order valence-electron chi connectivity index (χ0n) is 16.4. The van der Waals surface area contributed by atoms with Gasteiger partial charge in [0, 0.05) is 38.3 Å². The van der Waals surface area contributed by atoms with Crippen molar-refractivity contribution in [3.8, 4) is 6.07 Å². The third-order valence-electron chi connectivity index (χ3n) is 4.72. The van der Waals surface area contributed by atoms with E-state index in [0.717, 1.165) is 0 Å². The third-order valence-corrected chi connectivity index (χ3v) is 6.67. The molecule has 0 atom stereocenters. The summed E-state index contributed by atoms with van der Waals surface area (Å²) >= 11 is 0. The lowest BCUT2D eigenvalue weighted by Gasteiger charge is -2.36. The second-order valence-corrected chi connectivity index (χ2v) is 9.18. The Morgan fingerprint density at radius 3 is 2.19 bits per heavy atom. The molecule has 0 radical (unpaired) electrons. The second-order valence-electron chi connectivity index (χ2n) is 7.28. The van der Waals surface area contributed by atoms with Gasteiger partial charge in [0.15, 0.2) is 0 Å². The van der Waals surface area contributed by atoms with Gasteiger partial charge in [-0.1, -0.05) is 12.1 Å². The number of piperazine rings is 1. The van der Waals surface area contributed by atoms with Gasteiger partial charge >= 0.3 is 0 Å². The van der Waals surface area contributed by atoms with Crippen LogP contribution in [0, 0.1) is 11.3 Å². The first-order valence-electron chi connectivity index (χ1n) is 9.21. The van der Waals surface area contributed by atoms with Crippen molar-refractivity contribution in [2.75, 3.05) is 32.7 Å². The van der Waals surface area contributed by atoms with Gasteiger partial charge in [-0.2, -0.15) is 9.57 Å². The van der Waals surface area contributed by atoms with Crippen LogP contribution in [0.25, 0.3) is 0 Å². The molecule has 0 bridgehead atoms. The number of benzene rings is 1. The van der Waals surface area contributed by atoms with Crippen LogP contribution in [0.4, 0.5) is 0 Å². The summed E-state index contributed by atoms with van der Waals surface area (Å²) < 4.78 is 27.1. The fourth-order valence-corrected chi connectivity index (χ4v) is 5.06. The minimum Gasteiger partial charge on any atom is -0.337 e. The van der Waals surface area contributed by atoms with Crippen molar-refractivity contribution in [1.82, 2.24) is 14.1 Å². The molecule has 8 heteroatoms. The van der Waals surface area contributed by atoms with E-state index in [0.29, 0.717) is 32.7 Å². The van der Waals surface area contributed by atoms with Crippen LogP contribution < -0.4 is 0 Å². The minimum absolute atomic E-state index is 0.0443. The van der Waals surface area contributed by atoms with Crippen LogP contribution in [0.15, 0.2) is 29.2 Å². The molecule has 2 rings (SSSR count).